The summed E-state index contributed by atoms with van der Waals surface area (Å²) in [7, 11) is 1.89. The van der Waals surface area contributed by atoms with E-state index in [4.69, 9.17) is 9.68 Å². The van der Waals surface area contributed by atoms with Gasteiger partial charge in [0.1, 0.15) is 5.52 Å². The standard InChI is InChI=1S/C13H15N3O/c1-9-4-5-12-11(8-9)15-13(17-12)16(3)10(2)6-7-14/h4-5,8,10H,6H2,1-3H3. The minimum atomic E-state index is 0.0918. The molecule has 0 bridgehead atoms. The van der Waals surface area contributed by atoms with Crippen LogP contribution >= 0.6 is 0 Å². The van der Waals surface area contributed by atoms with Gasteiger partial charge >= 0.3 is 0 Å². The maximum absolute atomic E-state index is 8.68. The SMILES string of the molecule is Cc1ccc2oc(N(C)C(C)CC#N)nc2c1. The molecular weight excluding hydrogens is 214 g/mol. The molecule has 17 heavy (non-hydrogen) atoms. The Balaban J connectivity index is 2.33. The summed E-state index contributed by atoms with van der Waals surface area (Å²) in [4.78, 5) is 6.31. The molecule has 0 fully saturated rings. The second-order valence-corrected chi connectivity index (χ2v) is 4.29. The summed E-state index contributed by atoms with van der Waals surface area (Å²) in [5.41, 5.74) is 2.79. The summed E-state index contributed by atoms with van der Waals surface area (Å²) in [6.45, 7) is 4.00. The van der Waals surface area contributed by atoms with Gasteiger partial charge in [-0.25, -0.2) is 0 Å². The maximum atomic E-state index is 8.68. The predicted molar refractivity (Wildman–Crippen MR) is 66.8 cm³/mol. The van der Waals surface area contributed by atoms with Gasteiger partial charge in [0.2, 0.25) is 0 Å². The third kappa shape index (κ3) is 2.23. The molecule has 0 radical (unpaired) electrons. The zero-order valence-electron chi connectivity index (χ0n) is 10.3. The molecule has 0 aliphatic rings. The number of oxazole rings is 1. The average molecular weight is 229 g/mol. The van der Waals surface area contributed by atoms with Gasteiger partial charge in [0.05, 0.1) is 12.5 Å². The van der Waals surface area contributed by atoms with E-state index in [1.165, 1.54) is 0 Å². The molecule has 1 atom stereocenters. The first-order valence-electron chi connectivity index (χ1n) is 5.59. The van der Waals surface area contributed by atoms with Crippen LogP contribution in [0, 0.1) is 18.3 Å². The van der Waals surface area contributed by atoms with Gasteiger partial charge in [-0.05, 0) is 31.5 Å². The fourth-order valence-electron chi connectivity index (χ4n) is 1.63. The van der Waals surface area contributed by atoms with Crippen molar-refractivity contribution in [2.45, 2.75) is 26.3 Å². The molecule has 1 aromatic heterocycles. The molecule has 0 amide bonds. The molecule has 4 nitrogen and oxygen atoms in total. The summed E-state index contributed by atoms with van der Waals surface area (Å²) < 4.78 is 5.66. The lowest BCUT2D eigenvalue weighted by molar-refractivity contribution is 0.551. The maximum Gasteiger partial charge on any atom is 0.298 e. The molecule has 2 rings (SSSR count). The highest BCUT2D eigenvalue weighted by Crippen LogP contribution is 2.23. The first-order valence-corrected chi connectivity index (χ1v) is 5.59. The minimum Gasteiger partial charge on any atom is -0.423 e. The van der Waals surface area contributed by atoms with Crippen LogP contribution in [0.4, 0.5) is 6.01 Å². The van der Waals surface area contributed by atoms with E-state index in [9.17, 15) is 0 Å². The van der Waals surface area contributed by atoms with Crippen LogP contribution < -0.4 is 4.90 Å². The Hall–Kier alpha value is -2.02. The van der Waals surface area contributed by atoms with Crippen molar-refractivity contribution in [3.63, 3.8) is 0 Å². The van der Waals surface area contributed by atoms with Crippen LogP contribution in [-0.2, 0) is 0 Å². The van der Waals surface area contributed by atoms with Gasteiger partial charge in [-0.15, -0.1) is 0 Å². The summed E-state index contributed by atoms with van der Waals surface area (Å²) in [5.74, 6) is 0. The summed E-state index contributed by atoms with van der Waals surface area (Å²) in [6, 6.07) is 8.71. The van der Waals surface area contributed by atoms with Crippen molar-refractivity contribution >= 4 is 17.1 Å². The lowest BCUT2D eigenvalue weighted by Crippen LogP contribution is -2.28. The highest BCUT2D eigenvalue weighted by Gasteiger charge is 2.15. The molecule has 0 saturated carbocycles. The largest absolute Gasteiger partial charge is 0.423 e. The van der Waals surface area contributed by atoms with Gasteiger partial charge in [0.15, 0.2) is 5.58 Å². The summed E-state index contributed by atoms with van der Waals surface area (Å²) in [5, 5.41) is 8.68. The highest BCUT2D eigenvalue weighted by atomic mass is 16.4. The van der Waals surface area contributed by atoms with Crippen LogP contribution in [0.2, 0.25) is 0 Å². The number of fused-ring (bicyclic) bond motifs is 1. The Bertz CT molecular complexity index is 568. The monoisotopic (exact) mass is 229 g/mol. The Kier molecular flexibility index (Phi) is 3.01. The van der Waals surface area contributed by atoms with Crippen molar-refractivity contribution in [1.29, 1.82) is 5.26 Å². The number of nitrogens with zero attached hydrogens (tertiary/aromatic N) is 3. The lowest BCUT2D eigenvalue weighted by Gasteiger charge is -2.20. The Labute approximate surface area is 100 Å². The van der Waals surface area contributed by atoms with Crippen molar-refractivity contribution in [2.75, 3.05) is 11.9 Å². The summed E-state index contributed by atoms with van der Waals surface area (Å²) in [6.07, 6.45) is 0.453. The van der Waals surface area contributed by atoms with E-state index in [0.717, 1.165) is 16.7 Å². The van der Waals surface area contributed by atoms with Gasteiger partial charge in [-0.3, -0.25) is 0 Å². The predicted octanol–water partition coefficient (Wildman–Crippen LogP) is 2.87. The fourth-order valence-corrected chi connectivity index (χ4v) is 1.63. The van der Waals surface area contributed by atoms with E-state index in [1.807, 2.05) is 44.0 Å². The number of aromatic nitrogens is 1. The van der Waals surface area contributed by atoms with Crippen molar-refractivity contribution in [3.8, 4) is 6.07 Å². The van der Waals surface area contributed by atoms with Crippen LogP contribution in [-0.4, -0.2) is 18.1 Å². The average Bonchev–Trinajstić information content (AvgIpc) is 2.71. The second-order valence-electron chi connectivity index (χ2n) is 4.29. The third-order valence-electron chi connectivity index (χ3n) is 2.88. The number of hydrogen-bond acceptors (Lipinski definition) is 4. The number of rotatable bonds is 3. The molecule has 88 valence electrons. The fraction of sp³-hybridized carbons (Fsp3) is 0.385. The molecule has 0 aliphatic heterocycles. The van der Waals surface area contributed by atoms with Crippen molar-refractivity contribution < 1.29 is 4.42 Å². The van der Waals surface area contributed by atoms with Crippen molar-refractivity contribution in [1.82, 2.24) is 4.98 Å². The Morgan fingerprint density at radius 2 is 2.29 bits per heavy atom. The molecule has 1 unspecified atom stereocenters. The lowest BCUT2D eigenvalue weighted by atomic mass is 10.2. The van der Waals surface area contributed by atoms with E-state index in [0.29, 0.717) is 12.4 Å². The van der Waals surface area contributed by atoms with Crippen molar-refractivity contribution in [2.24, 2.45) is 0 Å². The highest BCUT2D eigenvalue weighted by molar-refractivity contribution is 5.75. The van der Waals surface area contributed by atoms with Gasteiger partial charge in [0, 0.05) is 13.1 Å². The van der Waals surface area contributed by atoms with Crippen LogP contribution in [0.5, 0.6) is 0 Å². The first kappa shape index (κ1) is 11.5. The molecule has 0 spiro atoms. The number of aryl methyl sites for hydroxylation is 1. The van der Waals surface area contributed by atoms with Crippen LogP contribution in [0.3, 0.4) is 0 Å². The zero-order valence-corrected chi connectivity index (χ0v) is 10.3. The third-order valence-corrected chi connectivity index (χ3v) is 2.88. The van der Waals surface area contributed by atoms with Crippen LogP contribution in [0.25, 0.3) is 11.1 Å². The van der Waals surface area contributed by atoms with Crippen molar-refractivity contribution in [3.05, 3.63) is 23.8 Å². The van der Waals surface area contributed by atoms with Gasteiger partial charge in [-0.1, -0.05) is 6.07 Å². The first-order chi connectivity index (χ1) is 8.11. The molecule has 0 saturated heterocycles. The molecule has 0 aliphatic carbocycles. The second kappa shape index (κ2) is 4.46. The number of benzene rings is 1. The smallest absolute Gasteiger partial charge is 0.298 e. The van der Waals surface area contributed by atoms with E-state index in [1.54, 1.807) is 0 Å². The molecule has 2 aromatic rings. The quantitative estimate of drug-likeness (QED) is 0.812. The number of nitriles is 1. The van der Waals surface area contributed by atoms with Gasteiger partial charge < -0.3 is 9.32 Å². The minimum absolute atomic E-state index is 0.0918. The number of hydrogen-bond donors (Lipinski definition) is 0. The van der Waals surface area contributed by atoms with E-state index in [-0.39, 0.29) is 6.04 Å². The molecule has 1 aromatic carbocycles. The zero-order chi connectivity index (χ0) is 12.4. The van der Waals surface area contributed by atoms with E-state index < -0.39 is 0 Å². The van der Waals surface area contributed by atoms with E-state index in [2.05, 4.69) is 11.1 Å². The molecule has 0 N–H and O–H groups in total. The Morgan fingerprint density at radius 3 is 3.00 bits per heavy atom. The Morgan fingerprint density at radius 1 is 1.53 bits per heavy atom. The van der Waals surface area contributed by atoms with E-state index >= 15 is 0 Å². The normalized spacial score (nSPS) is 12.4. The molecule has 1 heterocycles. The molecule has 4 heteroatoms. The van der Waals surface area contributed by atoms with Gasteiger partial charge in [-0.2, -0.15) is 10.2 Å². The van der Waals surface area contributed by atoms with Crippen LogP contribution in [0.15, 0.2) is 22.6 Å². The topological polar surface area (TPSA) is 53.1 Å². The summed E-state index contributed by atoms with van der Waals surface area (Å²) >= 11 is 0. The van der Waals surface area contributed by atoms with Gasteiger partial charge in [0.25, 0.3) is 6.01 Å². The number of anilines is 1. The van der Waals surface area contributed by atoms with Crippen LogP contribution in [0.1, 0.15) is 18.9 Å². The molecular formula is C13H15N3O.